The highest BCUT2D eigenvalue weighted by Crippen LogP contribution is 2.34. The van der Waals surface area contributed by atoms with Crippen LogP contribution < -0.4 is 33.9 Å². The van der Waals surface area contributed by atoms with Gasteiger partial charge in [-0.2, -0.15) is 4.57 Å². The Morgan fingerprint density at radius 1 is 1.18 bits per heavy atom. The fraction of sp³-hybridized carbons (Fsp3) is 0.481. The molecule has 38 heavy (non-hydrogen) atoms. The molecule has 11 heteroatoms. The number of fused-ring (bicyclic) bond motifs is 3. The number of para-hydroxylation sites is 1. The van der Waals surface area contributed by atoms with Crippen LogP contribution in [0.5, 0.6) is 0 Å². The number of Topliss-reactive ketones (excluding diaryl/α,β-unsaturated/α-hetero) is 1. The molecule has 1 aromatic carbocycles. The van der Waals surface area contributed by atoms with Crippen LogP contribution in [0.4, 0.5) is 9.59 Å². The van der Waals surface area contributed by atoms with E-state index in [0.717, 1.165) is 40.8 Å². The van der Waals surface area contributed by atoms with E-state index in [1.807, 2.05) is 49.1 Å². The second-order valence-electron chi connectivity index (χ2n) is 10.3. The molecule has 0 spiro atoms. The Balaban J connectivity index is 0.00000400. The third-order valence-electron chi connectivity index (χ3n) is 6.56. The van der Waals surface area contributed by atoms with Gasteiger partial charge in [-0.1, -0.05) is 18.2 Å². The number of amides is 1. The van der Waals surface area contributed by atoms with Gasteiger partial charge in [0.25, 0.3) is 5.82 Å². The molecule has 1 aliphatic rings. The van der Waals surface area contributed by atoms with Crippen LogP contribution in [0, 0.1) is 12.8 Å². The first-order valence-electron chi connectivity index (χ1n) is 12.5. The standard InChI is InChI=1S/C27H34N4O6.HI/c1-18-30(13-14-31(18)17-36-26(34)35-15-12-28-25(33)37-27(2,3)4)16-19-10-11-22-23(24(19)32)20-8-6-7-9-21(20)29(22)5;/h6-9,13-14,19H,10-12,15-17H2,1-5H3;1H. The maximum atomic E-state index is 13.5. The molecule has 2 aromatic heterocycles. The Hall–Kier alpha value is -3.09. The van der Waals surface area contributed by atoms with Crippen LogP contribution in [-0.4, -0.2) is 45.9 Å². The van der Waals surface area contributed by atoms with Crippen molar-refractivity contribution in [2.24, 2.45) is 13.0 Å². The Kier molecular flexibility index (Phi) is 9.45. The van der Waals surface area contributed by atoms with Gasteiger partial charge in [-0.15, -0.1) is 0 Å². The number of alkyl carbamates (subject to hydrolysis) is 1. The van der Waals surface area contributed by atoms with Crippen LogP contribution in [0.25, 0.3) is 10.9 Å². The number of carbonyl (C=O) groups is 3. The summed E-state index contributed by atoms with van der Waals surface area (Å²) in [5.74, 6) is 0.912. The highest BCUT2D eigenvalue weighted by Gasteiger charge is 2.34. The summed E-state index contributed by atoms with van der Waals surface area (Å²) in [6, 6.07) is 8.04. The van der Waals surface area contributed by atoms with Gasteiger partial charge in [0, 0.05) is 36.1 Å². The van der Waals surface area contributed by atoms with Crippen molar-refractivity contribution in [1.82, 2.24) is 14.5 Å². The van der Waals surface area contributed by atoms with Crippen LogP contribution in [0.2, 0.25) is 0 Å². The molecular weight excluding hydrogens is 603 g/mol. The molecule has 1 unspecified atom stereocenters. The number of ketones is 1. The van der Waals surface area contributed by atoms with E-state index in [4.69, 9.17) is 14.2 Å². The summed E-state index contributed by atoms with van der Waals surface area (Å²) in [5, 5.41) is 3.53. The summed E-state index contributed by atoms with van der Waals surface area (Å²) < 4.78 is 21.2. The Morgan fingerprint density at radius 3 is 2.66 bits per heavy atom. The number of nitrogens with zero attached hydrogens (tertiary/aromatic N) is 3. The van der Waals surface area contributed by atoms with Crippen molar-refractivity contribution >= 4 is 28.9 Å². The first-order valence-corrected chi connectivity index (χ1v) is 12.5. The van der Waals surface area contributed by atoms with Crippen molar-refractivity contribution in [3.8, 4) is 0 Å². The van der Waals surface area contributed by atoms with E-state index in [0.29, 0.717) is 6.54 Å². The molecule has 0 bridgehead atoms. The van der Waals surface area contributed by atoms with Gasteiger partial charge in [-0.05, 0) is 39.7 Å². The lowest BCUT2D eigenvalue weighted by atomic mass is 9.85. The number of benzene rings is 1. The quantitative estimate of drug-likeness (QED) is 0.177. The summed E-state index contributed by atoms with van der Waals surface area (Å²) in [4.78, 5) is 37.0. The number of hydrogen-bond acceptors (Lipinski definition) is 6. The lowest BCUT2D eigenvalue weighted by molar-refractivity contribution is -0.732. The number of nitrogens with one attached hydrogen (secondary N) is 1. The SMILES string of the molecule is Cc1n(CC2CCc3c(c4ccccc4n3C)C2=O)cc[n+]1COC(=O)OCCNC(=O)OC(C)(C)C.[I-]. The number of halogens is 1. The first kappa shape index (κ1) is 29.5. The Morgan fingerprint density at radius 2 is 1.92 bits per heavy atom. The number of imidazole rings is 1. The number of rotatable bonds is 7. The molecule has 0 saturated heterocycles. The smallest absolute Gasteiger partial charge is 0.511 e. The molecule has 1 atom stereocenters. The second kappa shape index (κ2) is 12.2. The fourth-order valence-electron chi connectivity index (χ4n) is 4.71. The summed E-state index contributed by atoms with van der Waals surface area (Å²) in [6.07, 6.45) is 3.92. The zero-order valence-electron chi connectivity index (χ0n) is 22.5. The zero-order chi connectivity index (χ0) is 26.7. The molecule has 0 radical (unpaired) electrons. The maximum Gasteiger partial charge on any atom is 0.511 e. The average Bonchev–Trinajstić information content (AvgIpc) is 3.33. The van der Waals surface area contributed by atoms with Crippen molar-refractivity contribution in [2.45, 2.75) is 59.4 Å². The first-order chi connectivity index (χ1) is 17.5. The molecule has 0 fully saturated rings. The fourth-order valence-corrected chi connectivity index (χ4v) is 4.71. The van der Waals surface area contributed by atoms with E-state index < -0.39 is 17.8 Å². The number of aryl methyl sites for hydroxylation is 1. The van der Waals surface area contributed by atoms with Gasteiger partial charge in [0.15, 0.2) is 5.78 Å². The van der Waals surface area contributed by atoms with Gasteiger partial charge in [-0.3, -0.25) is 4.79 Å². The van der Waals surface area contributed by atoms with Crippen molar-refractivity contribution in [2.75, 3.05) is 13.2 Å². The summed E-state index contributed by atoms with van der Waals surface area (Å²) in [7, 11) is 2.02. The van der Waals surface area contributed by atoms with Crippen molar-refractivity contribution in [3.63, 3.8) is 0 Å². The molecule has 1 aliphatic carbocycles. The van der Waals surface area contributed by atoms with Crippen LogP contribution in [0.15, 0.2) is 36.7 Å². The van der Waals surface area contributed by atoms with Gasteiger partial charge in [0.05, 0.1) is 12.5 Å². The molecule has 10 nitrogen and oxygen atoms in total. The molecular formula is C27H35IN4O6. The topological polar surface area (TPSA) is 105 Å². The number of ether oxygens (including phenoxy) is 3. The summed E-state index contributed by atoms with van der Waals surface area (Å²) in [6.45, 7) is 7.81. The lowest BCUT2D eigenvalue weighted by Gasteiger charge is -2.21. The monoisotopic (exact) mass is 638 g/mol. The van der Waals surface area contributed by atoms with Gasteiger partial charge in [-0.25, -0.2) is 14.2 Å². The molecule has 1 amide bonds. The van der Waals surface area contributed by atoms with Gasteiger partial charge in [0.2, 0.25) is 6.73 Å². The molecule has 1 N–H and O–H groups in total. The van der Waals surface area contributed by atoms with E-state index >= 15 is 0 Å². The molecule has 206 valence electrons. The van der Waals surface area contributed by atoms with E-state index in [1.165, 1.54) is 0 Å². The molecule has 0 saturated carbocycles. The van der Waals surface area contributed by atoms with Crippen LogP contribution >= 0.6 is 0 Å². The minimum atomic E-state index is -0.836. The second-order valence-corrected chi connectivity index (χ2v) is 10.3. The van der Waals surface area contributed by atoms with Gasteiger partial charge < -0.3 is 48.1 Å². The van der Waals surface area contributed by atoms with Gasteiger partial charge in [0.1, 0.15) is 31.1 Å². The number of aromatic nitrogens is 3. The third-order valence-corrected chi connectivity index (χ3v) is 6.56. The molecule has 3 aromatic rings. The normalized spacial score (nSPS) is 15.0. The van der Waals surface area contributed by atoms with Gasteiger partial charge >= 0.3 is 12.2 Å². The van der Waals surface area contributed by atoms with E-state index in [2.05, 4.69) is 16.0 Å². The minimum Gasteiger partial charge on any atom is -1.00 e. The summed E-state index contributed by atoms with van der Waals surface area (Å²) in [5.41, 5.74) is 2.44. The van der Waals surface area contributed by atoms with Crippen LogP contribution in [0.1, 0.15) is 49.1 Å². The van der Waals surface area contributed by atoms with E-state index in [9.17, 15) is 14.4 Å². The third kappa shape index (κ3) is 6.66. The van der Waals surface area contributed by atoms with Crippen LogP contribution in [-0.2, 0) is 41.0 Å². The molecule has 0 aliphatic heterocycles. The molecule has 4 rings (SSSR count). The van der Waals surface area contributed by atoms with E-state index in [1.54, 1.807) is 25.3 Å². The van der Waals surface area contributed by atoms with Crippen molar-refractivity contribution in [3.05, 3.63) is 53.7 Å². The maximum absolute atomic E-state index is 13.5. The Bertz CT molecular complexity index is 1320. The average molecular weight is 639 g/mol. The van der Waals surface area contributed by atoms with Crippen molar-refractivity contribution in [1.29, 1.82) is 0 Å². The summed E-state index contributed by atoms with van der Waals surface area (Å²) >= 11 is 0. The minimum absolute atomic E-state index is 0. The number of hydrogen-bond donors (Lipinski definition) is 1. The van der Waals surface area contributed by atoms with Crippen molar-refractivity contribution < 1.29 is 57.1 Å². The predicted molar refractivity (Wildman–Crippen MR) is 135 cm³/mol. The zero-order valence-corrected chi connectivity index (χ0v) is 24.6. The highest BCUT2D eigenvalue weighted by molar-refractivity contribution is 6.11. The van der Waals surface area contributed by atoms with Crippen LogP contribution in [0.3, 0.4) is 0 Å². The largest absolute Gasteiger partial charge is 1.00 e. The lowest BCUT2D eigenvalue weighted by Crippen LogP contribution is -3.00. The molecule has 2 heterocycles. The number of carbonyl (C=O) groups excluding carboxylic acids is 3. The predicted octanol–water partition coefficient (Wildman–Crippen LogP) is 0.660. The van der Waals surface area contributed by atoms with E-state index in [-0.39, 0.29) is 55.6 Å². The Labute approximate surface area is 239 Å². The highest BCUT2D eigenvalue weighted by atomic mass is 127.